The Labute approximate surface area is 232 Å². The molecule has 0 aliphatic heterocycles. The molecule has 0 bridgehead atoms. The van der Waals surface area contributed by atoms with Crippen molar-refractivity contribution in [1.29, 1.82) is 0 Å². The average Bonchev–Trinajstić information content (AvgIpc) is 2.92. The number of aliphatic hydroxyl groups is 1. The van der Waals surface area contributed by atoms with E-state index in [-0.39, 0.29) is 22.7 Å². The Kier molecular flexibility index (Phi) is 8.16. The van der Waals surface area contributed by atoms with Crippen LogP contribution in [0, 0.1) is 6.92 Å². The molecule has 40 heavy (non-hydrogen) atoms. The van der Waals surface area contributed by atoms with Gasteiger partial charge < -0.3 is 25.6 Å². The molecule has 4 rings (SSSR count). The van der Waals surface area contributed by atoms with Crippen LogP contribution in [0.3, 0.4) is 0 Å². The standard InChI is InChI=1S/C31H33N5O4/c1-19-24(10-7-11-25(19)35-29(39)20-12-14-21(15-13-20)31(2,3)4)26-17-36(5)30(40)28(34-26)33-23-9-6-8-22(16-23)32-27(38)18-37/h6-17,37H,18H2,1-5H3,(H,32,38)(H,33,34)(H,35,39). The fraction of sp³-hybridized carbons (Fsp3) is 0.226. The van der Waals surface area contributed by atoms with Gasteiger partial charge in [0, 0.05) is 41.4 Å². The Morgan fingerprint density at radius 2 is 1.62 bits per heavy atom. The van der Waals surface area contributed by atoms with E-state index in [1.807, 2.05) is 49.4 Å². The molecule has 0 radical (unpaired) electrons. The molecule has 0 saturated carbocycles. The van der Waals surface area contributed by atoms with Crippen molar-refractivity contribution in [3.8, 4) is 11.3 Å². The molecule has 0 unspecified atom stereocenters. The van der Waals surface area contributed by atoms with Crippen LogP contribution in [0.15, 0.2) is 77.7 Å². The maximum atomic E-state index is 13.0. The number of rotatable bonds is 7. The highest BCUT2D eigenvalue weighted by atomic mass is 16.3. The second kappa shape index (κ2) is 11.5. The summed E-state index contributed by atoms with van der Waals surface area (Å²) < 4.78 is 1.43. The number of nitrogens with one attached hydrogen (secondary N) is 3. The van der Waals surface area contributed by atoms with Crippen LogP contribution >= 0.6 is 0 Å². The molecule has 9 nitrogen and oxygen atoms in total. The van der Waals surface area contributed by atoms with E-state index in [4.69, 9.17) is 5.11 Å². The van der Waals surface area contributed by atoms with Gasteiger partial charge in [-0.3, -0.25) is 14.4 Å². The third kappa shape index (κ3) is 6.44. The molecule has 4 aromatic rings. The van der Waals surface area contributed by atoms with Crippen LogP contribution in [0.5, 0.6) is 0 Å². The number of nitrogens with zero attached hydrogens (tertiary/aromatic N) is 2. The van der Waals surface area contributed by atoms with E-state index in [1.54, 1.807) is 37.5 Å². The zero-order chi connectivity index (χ0) is 29.0. The molecule has 0 saturated heterocycles. The molecule has 0 atom stereocenters. The summed E-state index contributed by atoms with van der Waals surface area (Å²) in [5, 5.41) is 17.6. The van der Waals surface area contributed by atoms with E-state index in [0.29, 0.717) is 28.3 Å². The van der Waals surface area contributed by atoms with Crippen LogP contribution in [0.4, 0.5) is 22.9 Å². The zero-order valence-corrected chi connectivity index (χ0v) is 23.2. The van der Waals surface area contributed by atoms with Gasteiger partial charge in [-0.2, -0.15) is 0 Å². The van der Waals surface area contributed by atoms with E-state index >= 15 is 0 Å². The molecule has 2 amide bonds. The molecule has 206 valence electrons. The number of aryl methyl sites for hydroxylation is 1. The number of anilines is 4. The van der Waals surface area contributed by atoms with Gasteiger partial charge in [0.05, 0.1) is 5.69 Å². The minimum Gasteiger partial charge on any atom is -0.387 e. The topological polar surface area (TPSA) is 125 Å². The van der Waals surface area contributed by atoms with Crippen molar-refractivity contribution in [3.63, 3.8) is 0 Å². The van der Waals surface area contributed by atoms with Gasteiger partial charge in [-0.25, -0.2) is 4.98 Å². The Bertz CT molecular complexity index is 1620. The Balaban J connectivity index is 1.61. The summed E-state index contributed by atoms with van der Waals surface area (Å²) in [6, 6.07) is 19.9. The van der Waals surface area contributed by atoms with Crippen LogP contribution < -0.4 is 21.5 Å². The lowest BCUT2D eigenvalue weighted by molar-refractivity contribution is -0.118. The predicted octanol–water partition coefficient (Wildman–Crippen LogP) is 4.98. The van der Waals surface area contributed by atoms with Gasteiger partial charge >= 0.3 is 0 Å². The highest BCUT2D eigenvalue weighted by Gasteiger charge is 2.17. The molecule has 0 aliphatic carbocycles. The number of carbonyl (C=O) groups excluding carboxylic acids is 2. The summed E-state index contributed by atoms with van der Waals surface area (Å²) in [4.78, 5) is 42.0. The average molecular weight is 540 g/mol. The van der Waals surface area contributed by atoms with Crippen molar-refractivity contribution in [2.45, 2.75) is 33.1 Å². The van der Waals surface area contributed by atoms with Gasteiger partial charge in [-0.15, -0.1) is 0 Å². The number of hydrogen-bond donors (Lipinski definition) is 4. The van der Waals surface area contributed by atoms with E-state index in [9.17, 15) is 14.4 Å². The molecule has 1 heterocycles. The summed E-state index contributed by atoms with van der Waals surface area (Å²) in [5.41, 5.74) is 5.09. The number of amides is 2. The molecule has 4 N–H and O–H groups in total. The summed E-state index contributed by atoms with van der Waals surface area (Å²) in [6.07, 6.45) is 1.64. The summed E-state index contributed by atoms with van der Waals surface area (Å²) in [7, 11) is 1.64. The first-order valence-electron chi connectivity index (χ1n) is 12.8. The van der Waals surface area contributed by atoms with Gasteiger partial charge in [0.25, 0.3) is 11.5 Å². The number of hydrogen-bond acceptors (Lipinski definition) is 6. The third-order valence-corrected chi connectivity index (χ3v) is 6.49. The molecule has 0 spiro atoms. The highest BCUT2D eigenvalue weighted by Crippen LogP contribution is 2.29. The minimum atomic E-state index is -0.635. The van der Waals surface area contributed by atoms with Crippen molar-refractivity contribution in [3.05, 3.63) is 100.0 Å². The molecule has 9 heteroatoms. The monoisotopic (exact) mass is 539 g/mol. The predicted molar refractivity (Wildman–Crippen MR) is 158 cm³/mol. The number of benzene rings is 3. The van der Waals surface area contributed by atoms with Crippen molar-refractivity contribution in [2.75, 3.05) is 22.6 Å². The first-order valence-corrected chi connectivity index (χ1v) is 12.8. The van der Waals surface area contributed by atoms with Gasteiger partial charge in [-0.1, -0.05) is 51.1 Å². The third-order valence-electron chi connectivity index (χ3n) is 6.49. The zero-order valence-electron chi connectivity index (χ0n) is 23.2. The lowest BCUT2D eigenvalue weighted by atomic mass is 9.86. The Hall–Kier alpha value is -4.76. The molecular formula is C31H33N5O4. The largest absolute Gasteiger partial charge is 0.387 e. The van der Waals surface area contributed by atoms with Gasteiger partial charge in [0.2, 0.25) is 5.91 Å². The fourth-order valence-electron chi connectivity index (χ4n) is 4.19. The number of aliphatic hydroxyl groups excluding tert-OH is 1. The van der Waals surface area contributed by atoms with Crippen molar-refractivity contribution < 1.29 is 14.7 Å². The van der Waals surface area contributed by atoms with Crippen molar-refractivity contribution in [2.24, 2.45) is 7.05 Å². The molecular weight excluding hydrogens is 506 g/mol. The van der Waals surface area contributed by atoms with E-state index in [0.717, 1.165) is 16.7 Å². The fourth-order valence-corrected chi connectivity index (χ4v) is 4.19. The second-order valence-electron chi connectivity index (χ2n) is 10.6. The van der Waals surface area contributed by atoms with Crippen LogP contribution in [-0.2, 0) is 17.3 Å². The van der Waals surface area contributed by atoms with E-state index < -0.39 is 12.5 Å². The lowest BCUT2D eigenvalue weighted by Gasteiger charge is -2.19. The van der Waals surface area contributed by atoms with Crippen LogP contribution in [0.1, 0.15) is 42.3 Å². The molecule has 3 aromatic carbocycles. The number of aromatic nitrogens is 2. The molecule has 0 fully saturated rings. The summed E-state index contributed by atoms with van der Waals surface area (Å²) in [6.45, 7) is 7.63. The van der Waals surface area contributed by atoms with Crippen LogP contribution in [0.2, 0.25) is 0 Å². The highest BCUT2D eigenvalue weighted by molar-refractivity contribution is 6.05. The van der Waals surface area contributed by atoms with Gasteiger partial charge in [0.15, 0.2) is 5.82 Å². The Morgan fingerprint density at radius 3 is 2.30 bits per heavy atom. The smallest absolute Gasteiger partial charge is 0.293 e. The second-order valence-corrected chi connectivity index (χ2v) is 10.6. The SMILES string of the molecule is Cc1c(NC(=O)c2ccc(C(C)(C)C)cc2)cccc1-c1cn(C)c(=O)c(Nc2cccc(NC(=O)CO)c2)n1. The van der Waals surface area contributed by atoms with Crippen molar-refractivity contribution in [1.82, 2.24) is 9.55 Å². The maximum Gasteiger partial charge on any atom is 0.293 e. The van der Waals surface area contributed by atoms with Crippen molar-refractivity contribution >= 4 is 34.7 Å². The normalized spacial score (nSPS) is 11.2. The van der Waals surface area contributed by atoms with Gasteiger partial charge in [-0.05, 0) is 59.9 Å². The maximum absolute atomic E-state index is 13.0. The van der Waals surface area contributed by atoms with Crippen LogP contribution in [0.25, 0.3) is 11.3 Å². The molecule has 0 aliphatic rings. The lowest BCUT2D eigenvalue weighted by Crippen LogP contribution is -2.21. The number of carbonyl (C=O) groups is 2. The first-order chi connectivity index (χ1) is 19.0. The Morgan fingerprint density at radius 1 is 0.950 bits per heavy atom. The minimum absolute atomic E-state index is 0.00490. The van der Waals surface area contributed by atoms with Crippen LogP contribution in [-0.4, -0.2) is 33.1 Å². The first kappa shape index (κ1) is 28.3. The molecule has 1 aromatic heterocycles. The quantitative estimate of drug-likeness (QED) is 0.263. The summed E-state index contributed by atoms with van der Waals surface area (Å²) in [5.74, 6) is -0.666. The van der Waals surface area contributed by atoms with E-state index in [1.165, 1.54) is 4.57 Å². The van der Waals surface area contributed by atoms with E-state index in [2.05, 4.69) is 41.7 Å². The summed E-state index contributed by atoms with van der Waals surface area (Å²) >= 11 is 0. The van der Waals surface area contributed by atoms with Gasteiger partial charge in [0.1, 0.15) is 6.61 Å².